The van der Waals surface area contributed by atoms with Gasteiger partial charge in [-0.25, -0.2) is 0 Å². The Balaban J connectivity index is 2.20. The quantitative estimate of drug-likeness (QED) is 0.887. The summed E-state index contributed by atoms with van der Waals surface area (Å²) in [5, 5.41) is 11.6. The average Bonchev–Trinajstić information content (AvgIpc) is 2.41. The van der Waals surface area contributed by atoms with Crippen LogP contribution in [0.4, 0.5) is 5.69 Å². The van der Waals surface area contributed by atoms with E-state index in [0.29, 0.717) is 16.8 Å². The minimum atomic E-state index is -0.902. The molecule has 2 rings (SSSR count). The van der Waals surface area contributed by atoms with Gasteiger partial charge in [-0.05, 0) is 42.3 Å². The number of benzene rings is 2. The van der Waals surface area contributed by atoms with Gasteiger partial charge in [0.05, 0.1) is 6.42 Å². The summed E-state index contributed by atoms with van der Waals surface area (Å²) in [6.45, 7) is 1.86. The van der Waals surface area contributed by atoms with Crippen molar-refractivity contribution in [3.63, 3.8) is 0 Å². The number of carboxylic acids is 1. The molecule has 0 saturated heterocycles. The third-order valence-electron chi connectivity index (χ3n) is 3.05. The van der Waals surface area contributed by atoms with Crippen LogP contribution in [0.3, 0.4) is 0 Å². The van der Waals surface area contributed by atoms with Gasteiger partial charge in [0.1, 0.15) is 0 Å². The Morgan fingerprint density at radius 2 is 1.90 bits per heavy atom. The number of rotatable bonds is 4. The van der Waals surface area contributed by atoms with Crippen LogP contribution >= 0.6 is 15.9 Å². The fourth-order valence-corrected chi connectivity index (χ4v) is 2.35. The Labute approximate surface area is 130 Å². The van der Waals surface area contributed by atoms with Crippen LogP contribution in [0, 0.1) is 6.92 Å². The second-order valence-electron chi connectivity index (χ2n) is 4.64. The standard InChI is InChI=1S/C16H14BrNO3/c1-10-13(6-3-7-14(10)17)16(21)18-12-5-2-4-11(8-12)9-15(19)20/h2-8H,9H2,1H3,(H,18,21)(H,19,20). The lowest BCUT2D eigenvalue weighted by atomic mass is 10.1. The molecule has 0 heterocycles. The molecule has 0 atom stereocenters. The van der Waals surface area contributed by atoms with E-state index in [4.69, 9.17) is 5.11 Å². The maximum Gasteiger partial charge on any atom is 0.307 e. The minimum absolute atomic E-state index is 0.0698. The first-order chi connectivity index (χ1) is 9.97. The molecular formula is C16H14BrNO3. The number of hydrogen-bond acceptors (Lipinski definition) is 2. The van der Waals surface area contributed by atoms with E-state index in [9.17, 15) is 9.59 Å². The van der Waals surface area contributed by atoms with Crippen LogP contribution in [0.25, 0.3) is 0 Å². The number of carbonyl (C=O) groups excluding carboxylic acids is 1. The fraction of sp³-hybridized carbons (Fsp3) is 0.125. The molecule has 0 aliphatic heterocycles. The molecule has 2 aromatic rings. The summed E-state index contributed by atoms with van der Waals surface area (Å²) in [5.41, 5.74) is 2.66. The smallest absolute Gasteiger partial charge is 0.307 e. The number of carboxylic acid groups (broad SMARTS) is 1. The van der Waals surface area contributed by atoms with Crippen molar-refractivity contribution in [3.05, 3.63) is 63.6 Å². The van der Waals surface area contributed by atoms with Crippen molar-refractivity contribution < 1.29 is 14.7 Å². The molecule has 0 spiro atoms. The second-order valence-corrected chi connectivity index (χ2v) is 5.49. The van der Waals surface area contributed by atoms with Gasteiger partial charge in [-0.2, -0.15) is 0 Å². The van der Waals surface area contributed by atoms with Gasteiger partial charge >= 0.3 is 5.97 Å². The number of hydrogen-bond donors (Lipinski definition) is 2. The first-order valence-electron chi connectivity index (χ1n) is 6.34. The predicted octanol–water partition coefficient (Wildman–Crippen LogP) is 3.64. The summed E-state index contributed by atoms with van der Waals surface area (Å²) in [7, 11) is 0. The van der Waals surface area contributed by atoms with E-state index in [1.165, 1.54) is 0 Å². The molecule has 0 unspecified atom stereocenters. The molecule has 21 heavy (non-hydrogen) atoms. The van der Waals surface area contributed by atoms with Gasteiger partial charge in [0.15, 0.2) is 0 Å². The van der Waals surface area contributed by atoms with Crippen LogP contribution < -0.4 is 5.32 Å². The van der Waals surface area contributed by atoms with Gasteiger partial charge in [0.25, 0.3) is 5.91 Å². The summed E-state index contributed by atoms with van der Waals surface area (Å²) in [4.78, 5) is 23.0. The first kappa shape index (κ1) is 15.3. The average molecular weight is 348 g/mol. The zero-order chi connectivity index (χ0) is 15.4. The maximum absolute atomic E-state index is 12.3. The molecular weight excluding hydrogens is 334 g/mol. The monoisotopic (exact) mass is 347 g/mol. The first-order valence-corrected chi connectivity index (χ1v) is 7.14. The molecule has 0 fully saturated rings. The molecule has 1 amide bonds. The topological polar surface area (TPSA) is 66.4 Å². The Morgan fingerprint density at radius 3 is 2.62 bits per heavy atom. The Kier molecular flexibility index (Phi) is 4.75. The molecule has 2 N–H and O–H groups in total. The van der Waals surface area contributed by atoms with Gasteiger partial charge in [-0.1, -0.05) is 34.1 Å². The van der Waals surface area contributed by atoms with Gasteiger partial charge in [-0.3, -0.25) is 9.59 Å². The Bertz CT molecular complexity index is 698. The van der Waals surface area contributed by atoms with Gasteiger partial charge in [0, 0.05) is 15.7 Å². The van der Waals surface area contributed by atoms with Crippen LogP contribution in [0.2, 0.25) is 0 Å². The molecule has 0 aliphatic carbocycles. The zero-order valence-electron chi connectivity index (χ0n) is 11.4. The van der Waals surface area contributed by atoms with Crippen LogP contribution in [-0.2, 0) is 11.2 Å². The lowest BCUT2D eigenvalue weighted by Crippen LogP contribution is -2.13. The summed E-state index contributed by atoms with van der Waals surface area (Å²) in [6, 6.07) is 12.3. The third-order valence-corrected chi connectivity index (χ3v) is 3.91. The summed E-state index contributed by atoms with van der Waals surface area (Å²) in [6.07, 6.45) is -0.0698. The van der Waals surface area contributed by atoms with E-state index in [-0.39, 0.29) is 12.3 Å². The Hall–Kier alpha value is -2.14. The summed E-state index contributed by atoms with van der Waals surface area (Å²) < 4.78 is 0.870. The molecule has 108 valence electrons. The molecule has 5 heteroatoms. The minimum Gasteiger partial charge on any atom is -0.481 e. The SMILES string of the molecule is Cc1c(Br)cccc1C(=O)Nc1cccc(CC(=O)O)c1. The van der Waals surface area contributed by atoms with Crippen LogP contribution in [0.5, 0.6) is 0 Å². The van der Waals surface area contributed by atoms with Crippen molar-refractivity contribution in [2.24, 2.45) is 0 Å². The fourth-order valence-electron chi connectivity index (χ4n) is 1.99. The van der Waals surface area contributed by atoms with E-state index in [1.807, 2.05) is 13.0 Å². The zero-order valence-corrected chi connectivity index (χ0v) is 13.0. The van der Waals surface area contributed by atoms with Crippen molar-refractivity contribution in [2.45, 2.75) is 13.3 Å². The lowest BCUT2D eigenvalue weighted by Gasteiger charge is -2.09. The highest BCUT2D eigenvalue weighted by molar-refractivity contribution is 9.10. The van der Waals surface area contributed by atoms with Crippen molar-refractivity contribution >= 4 is 33.5 Å². The lowest BCUT2D eigenvalue weighted by molar-refractivity contribution is -0.136. The van der Waals surface area contributed by atoms with E-state index in [1.54, 1.807) is 36.4 Å². The van der Waals surface area contributed by atoms with Crippen molar-refractivity contribution in [2.75, 3.05) is 5.32 Å². The molecule has 0 radical (unpaired) electrons. The second kappa shape index (κ2) is 6.54. The van der Waals surface area contributed by atoms with E-state index < -0.39 is 5.97 Å². The number of halogens is 1. The summed E-state index contributed by atoms with van der Waals surface area (Å²) >= 11 is 3.39. The van der Waals surface area contributed by atoms with Crippen molar-refractivity contribution in [1.82, 2.24) is 0 Å². The molecule has 0 aromatic heterocycles. The highest BCUT2D eigenvalue weighted by Crippen LogP contribution is 2.21. The van der Waals surface area contributed by atoms with E-state index in [0.717, 1.165) is 10.0 Å². The number of carbonyl (C=O) groups is 2. The summed E-state index contributed by atoms with van der Waals surface area (Å²) in [5.74, 6) is -1.12. The predicted molar refractivity (Wildman–Crippen MR) is 84.6 cm³/mol. The van der Waals surface area contributed by atoms with Gasteiger partial charge in [-0.15, -0.1) is 0 Å². The van der Waals surface area contributed by atoms with Gasteiger partial charge in [0.2, 0.25) is 0 Å². The number of amides is 1. The largest absolute Gasteiger partial charge is 0.481 e. The van der Waals surface area contributed by atoms with Crippen LogP contribution in [0.15, 0.2) is 46.9 Å². The highest BCUT2D eigenvalue weighted by atomic mass is 79.9. The number of aliphatic carboxylic acids is 1. The Morgan fingerprint density at radius 1 is 1.19 bits per heavy atom. The molecule has 4 nitrogen and oxygen atoms in total. The molecule has 0 bridgehead atoms. The van der Waals surface area contributed by atoms with Crippen molar-refractivity contribution in [1.29, 1.82) is 0 Å². The number of nitrogens with one attached hydrogen (secondary N) is 1. The maximum atomic E-state index is 12.3. The van der Waals surface area contributed by atoms with E-state index in [2.05, 4.69) is 21.2 Å². The van der Waals surface area contributed by atoms with Gasteiger partial charge < -0.3 is 10.4 Å². The third kappa shape index (κ3) is 3.92. The molecule has 0 aliphatic rings. The highest BCUT2D eigenvalue weighted by Gasteiger charge is 2.11. The van der Waals surface area contributed by atoms with Crippen LogP contribution in [0.1, 0.15) is 21.5 Å². The molecule has 2 aromatic carbocycles. The number of anilines is 1. The normalized spacial score (nSPS) is 10.2. The van der Waals surface area contributed by atoms with Crippen molar-refractivity contribution in [3.8, 4) is 0 Å². The van der Waals surface area contributed by atoms with E-state index >= 15 is 0 Å². The van der Waals surface area contributed by atoms with Crippen LogP contribution in [-0.4, -0.2) is 17.0 Å². The molecule has 0 saturated carbocycles.